The molecule has 0 spiro atoms. The molecule has 31 heavy (non-hydrogen) atoms. The number of methoxy groups -OCH3 is 1. The number of aromatic nitrogens is 2. The lowest BCUT2D eigenvalue weighted by molar-refractivity contribution is -0.119. The Labute approximate surface area is 195 Å². The third-order valence-electron chi connectivity index (χ3n) is 4.31. The van der Waals surface area contributed by atoms with E-state index in [2.05, 4.69) is 41.9 Å². The summed E-state index contributed by atoms with van der Waals surface area (Å²) in [6, 6.07) is 8.69. The van der Waals surface area contributed by atoms with Crippen LogP contribution >= 0.6 is 31.9 Å². The SMILES string of the molecule is COc1cc(C=Nn2c(C(C)C)nc3ccc(Br)cc3c2=O)c(Br)cc1OCC(N)=O. The summed E-state index contributed by atoms with van der Waals surface area (Å²) in [5.41, 5.74) is 6.12. The number of halogens is 2. The number of carbonyl (C=O) groups is 1. The van der Waals surface area contributed by atoms with E-state index in [1.165, 1.54) is 18.0 Å². The maximum Gasteiger partial charge on any atom is 0.282 e. The highest BCUT2D eigenvalue weighted by Gasteiger charge is 2.15. The maximum absolute atomic E-state index is 13.1. The fourth-order valence-corrected chi connectivity index (χ4v) is 3.63. The number of nitrogens with two attached hydrogens (primary N) is 1. The van der Waals surface area contributed by atoms with E-state index in [1.807, 2.05) is 19.9 Å². The van der Waals surface area contributed by atoms with Crippen molar-refractivity contribution < 1.29 is 14.3 Å². The summed E-state index contributed by atoms with van der Waals surface area (Å²) >= 11 is 6.85. The summed E-state index contributed by atoms with van der Waals surface area (Å²) < 4.78 is 13.4. The van der Waals surface area contributed by atoms with Crippen molar-refractivity contribution in [2.75, 3.05) is 13.7 Å². The highest BCUT2D eigenvalue weighted by molar-refractivity contribution is 9.10. The quantitative estimate of drug-likeness (QED) is 0.449. The maximum atomic E-state index is 13.1. The number of rotatable bonds is 7. The third kappa shape index (κ3) is 5.13. The Morgan fingerprint density at radius 1 is 1.26 bits per heavy atom. The monoisotopic (exact) mass is 550 g/mol. The van der Waals surface area contributed by atoms with E-state index in [-0.39, 0.29) is 18.1 Å². The molecule has 0 atom stereocenters. The molecule has 0 radical (unpaired) electrons. The zero-order valence-corrected chi connectivity index (χ0v) is 20.2. The van der Waals surface area contributed by atoms with Gasteiger partial charge in [0, 0.05) is 20.4 Å². The highest BCUT2D eigenvalue weighted by Crippen LogP contribution is 2.33. The Balaban J connectivity index is 2.08. The van der Waals surface area contributed by atoms with Crippen molar-refractivity contribution in [3.63, 3.8) is 0 Å². The zero-order valence-electron chi connectivity index (χ0n) is 17.1. The van der Waals surface area contributed by atoms with Gasteiger partial charge in [0.1, 0.15) is 5.82 Å². The summed E-state index contributed by atoms with van der Waals surface area (Å²) in [5, 5.41) is 4.88. The van der Waals surface area contributed by atoms with Crippen LogP contribution in [0.15, 0.2) is 49.2 Å². The lowest BCUT2D eigenvalue weighted by Gasteiger charge is -2.13. The van der Waals surface area contributed by atoms with E-state index in [4.69, 9.17) is 15.2 Å². The van der Waals surface area contributed by atoms with Crippen LogP contribution in [0.25, 0.3) is 10.9 Å². The highest BCUT2D eigenvalue weighted by atomic mass is 79.9. The second kappa shape index (κ2) is 9.61. The van der Waals surface area contributed by atoms with E-state index in [0.29, 0.717) is 38.3 Å². The summed E-state index contributed by atoms with van der Waals surface area (Å²) in [6.45, 7) is 3.62. The van der Waals surface area contributed by atoms with Crippen LogP contribution in [-0.2, 0) is 4.79 Å². The van der Waals surface area contributed by atoms with Gasteiger partial charge in [0.25, 0.3) is 11.5 Å². The number of primary amides is 1. The van der Waals surface area contributed by atoms with E-state index in [9.17, 15) is 9.59 Å². The predicted molar refractivity (Wildman–Crippen MR) is 126 cm³/mol. The normalized spacial score (nSPS) is 11.4. The minimum atomic E-state index is -0.597. The van der Waals surface area contributed by atoms with Crippen LogP contribution in [0.4, 0.5) is 0 Å². The summed E-state index contributed by atoms with van der Waals surface area (Å²) in [6.07, 6.45) is 1.53. The lowest BCUT2D eigenvalue weighted by atomic mass is 10.2. The van der Waals surface area contributed by atoms with Gasteiger partial charge in [-0.25, -0.2) is 4.98 Å². The molecule has 0 saturated carbocycles. The molecular formula is C21H20Br2N4O4. The molecule has 8 nitrogen and oxygen atoms in total. The van der Waals surface area contributed by atoms with Gasteiger partial charge < -0.3 is 15.2 Å². The molecule has 3 aromatic rings. The Morgan fingerprint density at radius 3 is 2.65 bits per heavy atom. The van der Waals surface area contributed by atoms with Gasteiger partial charge in [-0.2, -0.15) is 9.78 Å². The second-order valence-electron chi connectivity index (χ2n) is 6.93. The first-order valence-corrected chi connectivity index (χ1v) is 10.8. The fraction of sp³-hybridized carbons (Fsp3) is 0.238. The fourth-order valence-electron chi connectivity index (χ4n) is 2.84. The third-order valence-corrected chi connectivity index (χ3v) is 5.49. The number of ether oxygens (including phenoxy) is 2. The Hall–Kier alpha value is -2.72. The zero-order chi connectivity index (χ0) is 22.7. The topological polar surface area (TPSA) is 109 Å². The van der Waals surface area contributed by atoms with Crippen LogP contribution in [-0.4, -0.2) is 35.5 Å². The predicted octanol–water partition coefficient (Wildman–Crippen LogP) is 3.80. The van der Waals surface area contributed by atoms with Gasteiger partial charge >= 0.3 is 0 Å². The Kier molecular flexibility index (Phi) is 7.11. The number of hydrogen-bond acceptors (Lipinski definition) is 6. The smallest absolute Gasteiger partial charge is 0.282 e. The van der Waals surface area contributed by atoms with Crippen molar-refractivity contribution in [1.29, 1.82) is 0 Å². The standard InChI is InChI=1S/C21H20Br2N4O4/c1-11(2)20-26-16-5-4-13(22)7-14(16)21(29)27(20)25-9-12-6-17(30-3)18(8-15(12)23)31-10-19(24)28/h4-9,11H,10H2,1-3H3,(H2,24,28). The van der Waals surface area contributed by atoms with E-state index < -0.39 is 5.91 Å². The van der Waals surface area contributed by atoms with Gasteiger partial charge in [-0.05, 0) is 46.3 Å². The molecule has 3 rings (SSSR count). The first-order valence-electron chi connectivity index (χ1n) is 9.26. The van der Waals surface area contributed by atoms with Crippen molar-refractivity contribution in [1.82, 2.24) is 9.66 Å². The summed E-state index contributed by atoms with van der Waals surface area (Å²) in [7, 11) is 1.48. The summed E-state index contributed by atoms with van der Waals surface area (Å²) in [5.74, 6) is 0.659. The molecule has 0 aliphatic heterocycles. The van der Waals surface area contributed by atoms with E-state index in [0.717, 1.165) is 4.47 Å². The minimum absolute atomic E-state index is 0.0274. The first kappa shape index (κ1) is 23.0. The van der Waals surface area contributed by atoms with Crippen molar-refractivity contribution in [3.05, 3.63) is 61.0 Å². The Morgan fingerprint density at radius 2 is 2.00 bits per heavy atom. The van der Waals surface area contributed by atoms with Crippen LogP contribution in [0.1, 0.15) is 31.2 Å². The molecule has 0 aliphatic rings. The van der Waals surface area contributed by atoms with Crippen LogP contribution in [0.3, 0.4) is 0 Å². The largest absolute Gasteiger partial charge is 0.493 e. The number of fused-ring (bicyclic) bond motifs is 1. The number of carbonyl (C=O) groups excluding carboxylic acids is 1. The molecule has 162 valence electrons. The number of amides is 1. The van der Waals surface area contributed by atoms with Crippen LogP contribution in [0.2, 0.25) is 0 Å². The number of nitrogens with zero attached hydrogens (tertiary/aromatic N) is 3. The van der Waals surface area contributed by atoms with Crippen molar-refractivity contribution >= 4 is 54.9 Å². The van der Waals surface area contributed by atoms with E-state index >= 15 is 0 Å². The van der Waals surface area contributed by atoms with Gasteiger partial charge in [-0.1, -0.05) is 29.8 Å². The molecule has 0 saturated heterocycles. The van der Waals surface area contributed by atoms with Gasteiger partial charge in [-0.15, -0.1) is 0 Å². The van der Waals surface area contributed by atoms with Gasteiger partial charge in [0.05, 0.1) is 24.2 Å². The van der Waals surface area contributed by atoms with Crippen molar-refractivity contribution in [3.8, 4) is 11.5 Å². The molecule has 2 N–H and O–H groups in total. The summed E-state index contributed by atoms with van der Waals surface area (Å²) in [4.78, 5) is 28.8. The molecule has 2 aromatic carbocycles. The molecule has 0 bridgehead atoms. The van der Waals surface area contributed by atoms with Crippen LogP contribution < -0.4 is 20.8 Å². The molecule has 1 heterocycles. The van der Waals surface area contributed by atoms with Gasteiger partial charge in [0.2, 0.25) is 0 Å². The molecule has 10 heteroatoms. The van der Waals surface area contributed by atoms with Crippen molar-refractivity contribution in [2.24, 2.45) is 10.8 Å². The number of hydrogen-bond donors (Lipinski definition) is 1. The molecular weight excluding hydrogens is 532 g/mol. The average molecular weight is 552 g/mol. The van der Waals surface area contributed by atoms with Gasteiger partial charge in [-0.3, -0.25) is 9.59 Å². The van der Waals surface area contributed by atoms with Gasteiger partial charge in [0.15, 0.2) is 18.1 Å². The molecule has 1 amide bonds. The van der Waals surface area contributed by atoms with Crippen LogP contribution in [0, 0.1) is 0 Å². The first-order chi connectivity index (χ1) is 14.7. The Bertz CT molecular complexity index is 1240. The number of benzene rings is 2. The van der Waals surface area contributed by atoms with Crippen LogP contribution in [0.5, 0.6) is 11.5 Å². The second-order valence-corrected chi connectivity index (χ2v) is 8.70. The molecule has 0 unspecified atom stereocenters. The lowest BCUT2D eigenvalue weighted by Crippen LogP contribution is -2.23. The molecule has 0 fully saturated rings. The average Bonchev–Trinajstić information content (AvgIpc) is 2.72. The molecule has 0 aliphatic carbocycles. The van der Waals surface area contributed by atoms with Crippen molar-refractivity contribution in [2.45, 2.75) is 19.8 Å². The molecule has 1 aromatic heterocycles. The van der Waals surface area contributed by atoms with E-state index in [1.54, 1.807) is 24.3 Å². The minimum Gasteiger partial charge on any atom is -0.493 e.